The van der Waals surface area contributed by atoms with Gasteiger partial charge in [-0.3, -0.25) is 9.59 Å². The fraction of sp³-hybridized carbons (Fsp3) is 0.250. The molecule has 142 valence electrons. The van der Waals surface area contributed by atoms with Gasteiger partial charge in [-0.2, -0.15) is 0 Å². The Bertz CT molecular complexity index is 1000. The van der Waals surface area contributed by atoms with Crippen molar-refractivity contribution in [1.29, 1.82) is 0 Å². The fourth-order valence-electron chi connectivity index (χ4n) is 3.33. The molecule has 7 nitrogen and oxygen atoms in total. The van der Waals surface area contributed by atoms with Gasteiger partial charge in [0.25, 0.3) is 11.8 Å². The molecule has 0 aromatic carbocycles. The summed E-state index contributed by atoms with van der Waals surface area (Å²) in [5.41, 5.74) is 1.20. The van der Waals surface area contributed by atoms with Crippen LogP contribution in [0.3, 0.4) is 0 Å². The molecule has 3 aromatic heterocycles. The fourth-order valence-corrected chi connectivity index (χ4v) is 4.38. The highest BCUT2D eigenvalue weighted by Crippen LogP contribution is 2.37. The molecule has 0 aliphatic carbocycles. The summed E-state index contributed by atoms with van der Waals surface area (Å²) in [6.45, 7) is 2.50. The van der Waals surface area contributed by atoms with Crippen molar-refractivity contribution in [3.8, 4) is 0 Å². The van der Waals surface area contributed by atoms with E-state index in [1.807, 2.05) is 24.0 Å². The maximum absolute atomic E-state index is 13.0. The van der Waals surface area contributed by atoms with E-state index in [4.69, 9.17) is 0 Å². The first-order valence-electron chi connectivity index (χ1n) is 9.03. The predicted molar refractivity (Wildman–Crippen MR) is 106 cm³/mol. The number of likely N-dealkylation sites (tertiary alicyclic amines) is 1. The molecular formula is C20H19N5O2S. The van der Waals surface area contributed by atoms with Crippen molar-refractivity contribution in [3.05, 3.63) is 70.1 Å². The van der Waals surface area contributed by atoms with Crippen LogP contribution in [0.2, 0.25) is 0 Å². The molecule has 0 bridgehead atoms. The summed E-state index contributed by atoms with van der Waals surface area (Å²) < 4.78 is 0. The van der Waals surface area contributed by atoms with E-state index in [0.29, 0.717) is 28.5 Å². The Kier molecular flexibility index (Phi) is 5.12. The second-order valence-electron chi connectivity index (χ2n) is 6.55. The predicted octanol–water partition coefficient (Wildman–Crippen LogP) is 3.47. The Morgan fingerprint density at radius 3 is 2.89 bits per heavy atom. The van der Waals surface area contributed by atoms with Crippen LogP contribution in [0.4, 0.5) is 5.82 Å². The molecule has 0 saturated carbocycles. The Balaban J connectivity index is 1.52. The number of nitrogens with one attached hydrogen (secondary N) is 1. The highest BCUT2D eigenvalue weighted by atomic mass is 32.1. The van der Waals surface area contributed by atoms with Crippen LogP contribution >= 0.6 is 11.3 Å². The second-order valence-corrected chi connectivity index (χ2v) is 7.66. The molecule has 4 rings (SSSR count). The quantitative estimate of drug-likeness (QED) is 0.733. The molecule has 2 amide bonds. The van der Waals surface area contributed by atoms with Crippen molar-refractivity contribution in [2.75, 3.05) is 11.9 Å². The molecule has 1 fully saturated rings. The van der Waals surface area contributed by atoms with Gasteiger partial charge in [0, 0.05) is 23.8 Å². The highest BCUT2D eigenvalue weighted by Gasteiger charge is 2.32. The lowest BCUT2D eigenvalue weighted by molar-refractivity contribution is 0.0736. The first-order chi connectivity index (χ1) is 13.6. The Morgan fingerprint density at radius 2 is 2.11 bits per heavy atom. The summed E-state index contributed by atoms with van der Waals surface area (Å²) in [4.78, 5) is 41.2. The molecule has 0 spiro atoms. The first-order valence-corrected chi connectivity index (χ1v) is 9.85. The van der Waals surface area contributed by atoms with E-state index < -0.39 is 0 Å². The summed E-state index contributed by atoms with van der Waals surface area (Å²) >= 11 is 1.41. The number of anilines is 1. The molecule has 1 N–H and O–H groups in total. The summed E-state index contributed by atoms with van der Waals surface area (Å²) in [6, 6.07) is 9.06. The molecule has 1 aliphatic rings. The Morgan fingerprint density at radius 1 is 1.21 bits per heavy atom. The largest absolute Gasteiger partial charge is 0.331 e. The van der Waals surface area contributed by atoms with E-state index in [9.17, 15) is 9.59 Å². The number of thiophene rings is 1. The number of pyridine rings is 1. The smallest absolute Gasteiger partial charge is 0.266 e. The number of aryl methyl sites for hydroxylation is 1. The Labute approximate surface area is 166 Å². The van der Waals surface area contributed by atoms with Gasteiger partial charge in [0.15, 0.2) is 0 Å². The number of hydrogen-bond donors (Lipinski definition) is 1. The van der Waals surface area contributed by atoms with E-state index in [1.165, 1.54) is 17.7 Å². The van der Waals surface area contributed by atoms with Gasteiger partial charge in [0.05, 0.1) is 22.2 Å². The first kappa shape index (κ1) is 18.2. The van der Waals surface area contributed by atoms with E-state index in [1.54, 1.807) is 30.6 Å². The second kappa shape index (κ2) is 7.85. The summed E-state index contributed by atoms with van der Waals surface area (Å²) in [5.74, 6) is 0.256. The van der Waals surface area contributed by atoms with Crippen molar-refractivity contribution in [2.45, 2.75) is 25.8 Å². The molecule has 0 radical (unpaired) electrons. The molecule has 0 unspecified atom stereocenters. The van der Waals surface area contributed by atoms with E-state index in [0.717, 1.165) is 17.7 Å². The summed E-state index contributed by atoms with van der Waals surface area (Å²) in [7, 11) is 0. The third kappa shape index (κ3) is 3.63. The van der Waals surface area contributed by atoms with Crippen LogP contribution in [0.5, 0.6) is 0 Å². The van der Waals surface area contributed by atoms with Crippen LogP contribution in [-0.2, 0) is 0 Å². The lowest BCUT2D eigenvalue weighted by Crippen LogP contribution is -2.31. The number of rotatable bonds is 4. The van der Waals surface area contributed by atoms with Crippen molar-refractivity contribution in [1.82, 2.24) is 19.9 Å². The molecule has 1 aliphatic heterocycles. The minimum absolute atomic E-state index is 0.0338. The number of carbonyl (C=O) groups is 2. The molecule has 28 heavy (non-hydrogen) atoms. The number of hydrogen-bond acceptors (Lipinski definition) is 6. The maximum Gasteiger partial charge on any atom is 0.266 e. The van der Waals surface area contributed by atoms with Crippen molar-refractivity contribution < 1.29 is 9.59 Å². The normalized spacial score (nSPS) is 16.2. The van der Waals surface area contributed by atoms with Crippen molar-refractivity contribution >= 4 is 29.0 Å². The SMILES string of the molecule is Cc1ncncc1C(=O)N1CCC[C@@H]1c1ccc(C(=O)Nc2ccccn2)s1. The zero-order valence-corrected chi connectivity index (χ0v) is 16.1. The lowest BCUT2D eigenvalue weighted by atomic mass is 10.1. The van der Waals surface area contributed by atoms with Crippen molar-refractivity contribution in [2.24, 2.45) is 0 Å². The standard InChI is InChI=1S/C20H19N5O2S/c1-13-14(11-21-12-23-13)20(27)25-10-4-5-15(25)16-7-8-17(28-16)19(26)24-18-6-2-3-9-22-18/h2-3,6-9,11-12,15H,4-5,10H2,1H3,(H,22,24,26)/t15-/m1/s1. The average molecular weight is 393 g/mol. The number of aromatic nitrogens is 3. The topological polar surface area (TPSA) is 88.1 Å². The minimum atomic E-state index is -0.196. The number of carbonyl (C=O) groups excluding carboxylic acids is 2. The van der Waals surface area contributed by atoms with Crippen LogP contribution < -0.4 is 5.32 Å². The molecule has 3 aromatic rings. The molecule has 1 atom stereocenters. The van der Waals surface area contributed by atoms with Gasteiger partial charge in [0.2, 0.25) is 0 Å². The zero-order chi connectivity index (χ0) is 19.5. The molecule has 1 saturated heterocycles. The zero-order valence-electron chi connectivity index (χ0n) is 15.3. The maximum atomic E-state index is 13.0. The number of amides is 2. The Hall–Kier alpha value is -3.13. The van der Waals surface area contributed by atoms with Crippen LogP contribution in [-0.4, -0.2) is 38.2 Å². The third-order valence-corrected chi connectivity index (χ3v) is 5.93. The average Bonchev–Trinajstić information content (AvgIpc) is 3.38. The van der Waals surface area contributed by atoms with Gasteiger partial charge in [0.1, 0.15) is 12.1 Å². The summed E-state index contributed by atoms with van der Waals surface area (Å²) in [6.07, 6.45) is 6.45. The summed E-state index contributed by atoms with van der Waals surface area (Å²) in [5, 5.41) is 2.79. The molecular weight excluding hydrogens is 374 g/mol. The van der Waals surface area contributed by atoms with Crippen LogP contribution in [0.25, 0.3) is 0 Å². The molecule has 4 heterocycles. The van der Waals surface area contributed by atoms with Gasteiger partial charge in [-0.1, -0.05) is 6.07 Å². The van der Waals surface area contributed by atoms with Gasteiger partial charge in [-0.25, -0.2) is 15.0 Å². The molecule has 8 heteroatoms. The number of nitrogens with zero attached hydrogens (tertiary/aromatic N) is 4. The lowest BCUT2D eigenvalue weighted by Gasteiger charge is -2.24. The van der Waals surface area contributed by atoms with Gasteiger partial charge in [-0.05, 0) is 44.0 Å². The van der Waals surface area contributed by atoms with Gasteiger partial charge < -0.3 is 10.2 Å². The van der Waals surface area contributed by atoms with Crippen LogP contribution in [0.1, 0.15) is 49.5 Å². The van der Waals surface area contributed by atoms with E-state index in [2.05, 4.69) is 20.3 Å². The highest BCUT2D eigenvalue weighted by molar-refractivity contribution is 7.14. The van der Waals surface area contributed by atoms with Gasteiger partial charge in [-0.15, -0.1) is 11.3 Å². The minimum Gasteiger partial charge on any atom is -0.331 e. The van der Waals surface area contributed by atoms with E-state index in [-0.39, 0.29) is 17.9 Å². The van der Waals surface area contributed by atoms with Crippen molar-refractivity contribution in [3.63, 3.8) is 0 Å². The van der Waals surface area contributed by atoms with Gasteiger partial charge >= 0.3 is 0 Å². The van der Waals surface area contributed by atoms with Crippen LogP contribution in [0, 0.1) is 6.92 Å². The van der Waals surface area contributed by atoms with Crippen LogP contribution in [0.15, 0.2) is 49.1 Å². The third-order valence-electron chi connectivity index (χ3n) is 4.74. The monoisotopic (exact) mass is 393 g/mol. The van der Waals surface area contributed by atoms with E-state index >= 15 is 0 Å².